The Kier molecular flexibility index (Phi) is 1.46. The molecule has 0 aliphatic rings. The molecule has 7 nitrogen and oxygen atoms in total. The second kappa shape index (κ2) is 2.77. The maximum absolute atomic E-state index is 5.81. The Morgan fingerprint density at radius 2 is 1.87 bits per heavy atom. The highest BCUT2D eigenvalue weighted by Gasteiger charge is 2.11. The zero-order valence-electron chi connectivity index (χ0n) is 7.41. The van der Waals surface area contributed by atoms with Crippen molar-refractivity contribution in [3.8, 4) is 11.4 Å². The van der Waals surface area contributed by atoms with Crippen LogP contribution in [-0.4, -0.2) is 20.5 Å². The zero-order chi connectivity index (χ0) is 10.3. The van der Waals surface area contributed by atoms with Crippen molar-refractivity contribution >= 4 is 16.7 Å². The molecule has 2 heterocycles. The van der Waals surface area contributed by atoms with Gasteiger partial charge in [-0.3, -0.25) is 0 Å². The average molecular weight is 203 g/mol. The van der Waals surface area contributed by atoms with Gasteiger partial charge in [-0.05, 0) is 22.4 Å². The first kappa shape index (κ1) is 7.92. The molecule has 0 unspecified atom stereocenters. The molecule has 0 amide bonds. The van der Waals surface area contributed by atoms with E-state index < -0.39 is 0 Å². The van der Waals surface area contributed by atoms with Gasteiger partial charge in [0.05, 0.1) is 0 Å². The average Bonchev–Trinajstić information content (AvgIpc) is 2.85. The van der Waals surface area contributed by atoms with Crippen LogP contribution in [0.2, 0.25) is 0 Å². The van der Waals surface area contributed by atoms with E-state index >= 15 is 0 Å². The first-order valence-corrected chi connectivity index (χ1v) is 4.13. The normalized spacial score (nSPS) is 10.9. The number of fused-ring (bicyclic) bond motifs is 1. The SMILES string of the molecule is Nc1cc2nonc2cc1-c1ncon1. The third kappa shape index (κ3) is 1.13. The fourth-order valence-corrected chi connectivity index (χ4v) is 1.33. The summed E-state index contributed by atoms with van der Waals surface area (Å²) in [5, 5.41) is 11.1. The van der Waals surface area contributed by atoms with E-state index in [-0.39, 0.29) is 0 Å². The largest absolute Gasteiger partial charge is 0.398 e. The molecular weight excluding hydrogens is 198 g/mol. The zero-order valence-corrected chi connectivity index (χ0v) is 7.41. The Morgan fingerprint density at radius 3 is 2.60 bits per heavy atom. The molecule has 7 heteroatoms. The minimum atomic E-state index is 0.414. The van der Waals surface area contributed by atoms with Gasteiger partial charge in [0.2, 0.25) is 12.2 Å². The van der Waals surface area contributed by atoms with Crippen molar-refractivity contribution in [2.75, 3.05) is 5.73 Å². The summed E-state index contributed by atoms with van der Waals surface area (Å²) in [5.41, 5.74) is 8.15. The number of rotatable bonds is 1. The minimum Gasteiger partial charge on any atom is -0.398 e. The molecule has 3 rings (SSSR count). The van der Waals surface area contributed by atoms with Crippen molar-refractivity contribution in [2.24, 2.45) is 0 Å². The van der Waals surface area contributed by atoms with E-state index in [0.717, 1.165) is 0 Å². The molecule has 2 aromatic heterocycles. The lowest BCUT2D eigenvalue weighted by atomic mass is 10.1. The third-order valence-corrected chi connectivity index (χ3v) is 2.03. The highest BCUT2D eigenvalue weighted by atomic mass is 16.6. The molecule has 0 atom stereocenters. The van der Waals surface area contributed by atoms with Crippen LogP contribution >= 0.6 is 0 Å². The Bertz CT molecular complexity index is 601. The summed E-state index contributed by atoms with van der Waals surface area (Å²) in [6.07, 6.45) is 1.24. The predicted octanol–water partition coefficient (Wildman–Crippen LogP) is 0.855. The second-order valence-electron chi connectivity index (χ2n) is 2.95. The van der Waals surface area contributed by atoms with Crippen molar-refractivity contribution in [1.82, 2.24) is 20.5 Å². The number of benzene rings is 1. The summed E-state index contributed by atoms with van der Waals surface area (Å²) in [6.45, 7) is 0. The highest BCUT2D eigenvalue weighted by Crippen LogP contribution is 2.26. The molecule has 0 saturated heterocycles. The quantitative estimate of drug-likeness (QED) is 0.584. The molecule has 15 heavy (non-hydrogen) atoms. The number of hydrogen-bond acceptors (Lipinski definition) is 7. The standard InChI is InChI=1S/C8H5N5O2/c9-5-2-7-6(11-15-12-7)1-4(5)8-10-3-14-13-8/h1-3H,9H2. The van der Waals surface area contributed by atoms with E-state index in [1.165, 1.54) is 6.39 Å². The summed E-state index contributed by atoms with van der Waals surface area (Å²) in [6, 6.07) is 3.35. The van der Waals surface area contributed by atoms with Gasteiger partial charge in [0, 0.05) is 11.3 Å². The minimum absolute atomic E-state index is 0.414. The number of anilines is 1. The van der Waals surface area contributed by atoms with Gasteiger partial charge >= 0.3 is 0 Å². The van der Waals surface area contributed by atoms with Gasteiger partial charge in [0.25, 0.3) is 0 Å². The van der Waals surface area contributed by atoms with Crippen LogP contribution in [0.5, 0.6) is 0 Å². The van der Waals surface area contributed by atoms with Crippen LogP contribution in [0.4, 0.5) is 5.69 Å². The van der Waals surface area contributed by atoms with Gasteiger partial charge < -0.3 is 10.3 Å². The second-order valence-corrected chi connectivity index (χ2v) is 2.95. The van der Waals surface area contributed by atoms with Crippen LogP contribution in [0.3, 0.4) is 0 Å². The molecule has 0 fully saturated rings. The number of nitrogens with zero attached hydrogens (tertiary/aromatic N) is 4. The highest BCUT2D eigenvalue weighted by molar-refractivity contribution is 5.86. The van der Waals surface area contributed by atoms with Crippen molar-refractivity contribution in [3.05, 3.63) is 18.5 Å². The number of nitrogens with two attached hydrogens (primary N) is 1. The Hall–Kier alpha value is -2.44. The summed E-state index contributed by atoms with van der Waals surface area (Å²) in [7, 11) is 0. The van der Waals surface area contributed by atoms with Crippen molar-refractivity contribution < 1.29 is 9.15 Å². The van der Waals surface area contributed by atoms with E-state index in [9.17, 15) is 0 Å². The summed E-state index contributed by atoms with van der Waals surface area (Å²) >= 11 is 0. The van der Waals surface area contributed by atoms with Gasteiger partial charge in [-0.25, -0.2) is 4.63 Å². The molecular formula is C8H5N5O2. The summed E-state index contributed by atoms with van der Waals surface area (Å²) < 4.78 is 9.21. The Labute approximate surface area is 82.8 Å². The summed E-state index contributed by atoms with van der Waals surface area (Å²) in [5.74, 6) is 0.414. The fourth-order valence-electron chi connectivity index (χ4n) is 1.33. The molecule has 0 radical (unpaired) electrons. The number of nitrogen functional groups attached to an aromatic ring is 1. The van der Waals surface area contributed by atoms with Gasteiger partial charge in [-0.15, -0.1) is 0 Å². The topological polar surface area (TPSA) is 104 Å². The lowest BCUT2D eigenvalue weighted by molar-refractivity contribution is 0.315. The van der Waals surface area contributed by atoms with Crippen LogP contribution in [0.15, 0.2) is 27.7 Å². The molecule has 0 aliphatic carbocycles. The van der Waals surface area contributed by atoms with E-state index in [1.54, 1.807) is 12.1 Å². The lowest BCUT2D eigenvalue weighted by Crippen LogP contribution is -1.91. The predicted molar refractivity (Wildman–Crippen MR) is 49.5 cm³/mol. The van der Waals surface area contributed by atoms with E-state index in [0.29, 0.717) is 28.1 Å². The molecule has 2 N–H and O–H groups in total. The molecule has 1 aromatic carbocycles. The van der Waals surface area contributed by atoms with Gasteiger partial charge in [-0.2, -0.15) is 4.98 Å². The van der Waals surface area contributed by atoms with Crippen LogP contribution in [0.25, 0.3) is 22.4 Å². The monoisotopic (exact) mass is 203 g/mol. The van der Waals surface area contributed by atoms with E-state index in [1.807, 2.05) is 0 Å². The molecule has 0 aliphatic heterocycles. The lowest BCUT2D eigenvalue weighted by Gasteiger charge is -1.98. The van der Waals surface area contributed by atoms with Crippen LogP contribution < -0.4 is 5.73 Å². The van der Waals surface area contributed by atoms with Crippen LogP contribution in [0.1, 0.15) is 0 Å². The molecule has 0 bridgehead atoms. The van der Waals surface area contributed by atoms with Gasteiger partial charge in [0.1, 0.15) is 11.0 Å². The maximum atomic E-state index is 5.81. The summed E-state index contributed by atoms with van der Waals surface area (Å²) in [4.78, 5) is 3.90. The Balaban J connectivity index is 2.30. The maximum Gasteiger partial charge on any atom is 0.214 e. The van der Waals surface area contributed by atoms with E-state index in [2.05, 4.69) is 29.6 Å². The third-order valence-electron chi connectivity index (χ3n) is 2.03. The number of hydrogen-bond donors (Lipinski definition) is 1. The fraction of sp³-hybridized carbons (Fsp3) is 0. The van der Waals surface area contributed by atoms with Crippen LogP contribution in [-0.2, 0) is 0 Å². The smallest absolute Gasteiger partial charge is 0.214 e. The molecule has 3 aromatic rings. The molecule has 0 saturated carbocycles. The Morgan fingerprint density at radius 1 is 1.07 bits per heavy atom. The van der Waals surface area contributed by atoms with Crippen molar-refractivity contribution in [1.29, 1.82) is 0 Å². The first-order chi connectivity index (χ1) is 7.34. The van der Waals surface area contributed by atoms with Crippen molar-refractivity contribution in [2.45, 2.75) is 0 Å². The van der Waals surface area contributed by atoms with Gasteiger partial charge in [-0.1, -0.05) is 5.16 Å². The van der Waals surface area contributed by atoms with Crippen LogP contribution in [0, 0.1) is 0 Å². The van der Waals surface area contributed by atoms with Gasteiger partial charge in [0.15, 0.2) is 0 Å². The molecule has 0 spiro atoms. The number of aromatic nitrogens is 4. The van der Waals surface area contributed by atoms with E-state index in [4.69, 9.17) is 5.73 Å². The molecule has 74 valence electrons. The van der Waals surface area contributed by atoms with Crippen molar-refractivity contribution in [3.63, 3.8) is 0 Å². The first-order valence-electron chi connectivity index (χ1n) is 4.13.